The van der Waals surface area contributed by atoms with Crippen LogP contribution in [0.5, 0.6) is 0 Å². The average Bonchev–Trinajstić information content (AvgIpc) is 3.21. The molecule has 6 heterocycles. The van der Waals surface area contributed by atoms with Gasteiger partial charge in [-0.2, -0.15) is 0 Å². The Kier molecular flexibility index (Phi) is 12.7. The normalized spacial score (nSPS) is 13.9. The predicted molar refractivity (Wildman–Crippen MR) is 245 cm³/mol. The van der Waals surface area contributed by atoms with Gasteiger partial charge >= 0.3 is 0 Å². The van der Waals surface area contributed by atoms with Crippen LogP contribution in [0.2, 0.25) is 10.0 Å². The van der Waals surface area contributed by atoms with Gasteiger partial charge in [0, 0.05) is 73.9 Å². The van der Waals surface area contributed by atoms with Crippen molar-refractivity contribution in [2.45, 2.75) is 90.4 Å². The highest BCUT2D eigenvalue weighted by molar-refractivity contribution is 7.98. The van der Waals surface area contributed by atoms with Crippen LogP contribution in [0, 0.1) is 6.92 Å². The molecule has 13 heteroatoms. The molecule has 2 aliphatic rings. The number of nitrogens with zero attached hydrogens (tertiary/aromatic N) is 8. The highest BCUT2D eigenvalue weighted by atomic mass is 35.5. The zero-order chi connectivity index (χ0) is 41.9. The van der Waals surface area contributed by atoms with Crippen molar-refractivity contribution >= 4 is 69.6 Å². The van der Waals surface area contributed by atoms with Crippen LogP contribution in [-0.4, -0.2) is 49.2 Å². The van der Waals surface area contributed by atoms with Gasteiger partial charge in [-0.3, -0.25) is 0 Å². The molecule has 2 N–H and O–H groups in total. The Bertz CT molecular complexity index is 2410. The minimum atomic E-state index is 0.126. The van der Waals surface area contributed by atoms with E-state index in [9.17, 15) is 0 Å². The van der Waals surface area contributed by atoms with Crippen LogP contribution in [0.25, 0.3) is 0 Å². The zero-order valence-electron chi connectivity index (χ0n) is 35.1. The number of hydrogen-bond donors (Lipinski definition) is 2. The largest absolute Gasteiger partial charge is 0.350 e. The molecule has 0 radical (unpaired) electrons. The minimum absolute atomic E-state index is 0.126. The Hall–Kier alpha value is -4.97. The van der Waals surface area contributed by atoms with Gasteiger partial charge in [-0.15, -0.1) is 0 Å². The van der Waals surface area contributed by atoms with Gasteiger partial charge in [0.15, 0.2) is 5.16 Å². The molecule has 8 rings (SSSR count). The molecule has 0 bridgehead atoms. The van der Waals surface area contributed by atoms with E-state index in [-0.39, 0.29) is 10.8 Å². The van der Waals surface area contributed by atoms with Crippen LogP contribution >= 0.6 is 35.0 Å². The van der Waals surface area contributed by atoms with Gasteiger partial charge in [-0.1, -0.05) is 101 Å². The summed E-state index contributed by atoms with van der Waals surface area (Å²) in [7, 11) is 0. The number of hydrogen-bond acceptors (Lipinski definition) is 11. The molecule has 306 valence electrons. The fourth-order valence-electron chi connectivity index (χ4n) is 7.19. The SMILES string of the molecule is CSc1nc2c(c(Nc3ccc(C(C)(C)C)cc3)n1)CN(c1ncccc1Cl)CC2.Cc1nc2c(c(Nc3ccc(C(C)(C)C)cc3)n1)CN(c1ncccc1Cl)CC2. The summed E-state index contributed by atoms with van der Waals surface area (Å²) in [6.07, 6.45) is 7.23. The number of rotatable bonds is 7. The summed E-state index contributed by atoms with van der Waals surface area (Å²) in [6.45, 7) is 18.3. The van der Waals surface area contributed by atoms with E-state index >= 15 is 0 Å². The lowest BCUT2D eigenvalue weighted by Gasteiger charge is -2.31. The summed E-state index contributed by atoms with van der Waals surface area (Å²) in [5, 5.41) is 9.14. The molecule has 10 nitrogen and oxygen atoms in total. The summed E-state index contributed by atoms with van der Waals surface area (Å²) in [6, 6.07) is 24.6. The standard InChI is InChI=1S/C23H26ClN5S.C23H26ClN5/c1-23(2,3)15-7-9-16(10-8-15)26-20-17-14-29(21-18(24)6-5-12-25-21)13-11-19(17)27-22(28-20)30-4;1-15-26-20-11-13-29(22-19(24)6-5-12-25-22)14-18(20)21(27-15)28-17-9-7-16(8-10-17)23(2,3)4/h5-10,12H,11,13-14H2,1-4H3,(H,26,27,28);5-10,12H,11,13-14H2,1-4H3,(H,26,27,28). The number of thioether (sulfide) groups is 1. The Morgan fingerprint density at radius 3 is 1.46 bits per heavy atom. The first-order chi connectivity index (χ1) is 28.2. The monoisotopic (exact) mass is 846 g/mol. The summed E-state index contributed by atoms with van der Waals surface area (Å²) in [4.78, 5) is 32.3. The molecule has 2 aromatic carbocycles. The zero-order valence-corrected chi connectivity index (χ0v) is 37.4. The Labute approximate surface area is 362 Å². The number of anilines is 6. The van der Waals surface area contributed by atoms with Crippen molar-refractivity contribution in [3.05, 3.63) is 135 Å². The van der Waals surface area contributed by atoms with Gasteiger partial charge in [0.2, 0.25) is 0 Å². The molecule has 0 saturated carbocycles. The van der Waals surface area contributed by atoms with E-state index in [2.05, 4.69) is 125 Å². The maximum Gasteiger partial charge on any atom is 0.189 e. The van der Waals surface area contributed by atoms with E-state index in [1.807, 2.05) is 37.4 Å². The van der Waals surface area contributed by atoms with Crippen molar-refractivity contribution in [1.29, 1.82) is 0 Å². The number of benzene rings is 2. The lowest BCUT2D eigenvalue weighted by molar-refractivity contribution is 0.590. The lowest BCUT2D eigenvalue weighted by atomic mass is 9.87. The van der Waals surface area contributed by atoms with E-state index in [0.717, 1.165) is 94.1 Å². The van der Waals surface area contributed by atoms with Gasteiger partial charge in [0.1, 0.15) is 29.1 Å². The molecular formula is C46H52Cl2N10S. The predicted octanol–water partition coefficient (Wildman–Crippen LogP) is 11.3. The minimum Gasteiger partial charge on any atom is -0.350 e. The van der Waals surface area contributed by atoms with Crippen LogP contribution in [0.1, 0.15) is 81.0 Å². The number of aryl methyl sites for hydroxylation is 1. The van der Waals surface area contributed by atoms with Crippen LogP contribution in [0.15, 0.2) is 90.3 Å². The fourth-order valence-corrected chi connectivity index (χ4v) is 8.06. The van der Waals surface area contributed by atoms with Gasteiger partial charge < -0.3 is 20.4 Å². The van der Waals surface area contributed by atoms with Crippen molar-refractivity contribution in [2.24, 2.45) is 0 Å². The summed E-state index contributed by atoms with van der Waals surface area (Å²) >= 11 is 14.3. The molecule has 6 aromatic rings. The van der Waals surface area contributed by atoms with Crippen molar-refractivity contribution < 1.29 is 0 Å². The first-order valence-corrected chi connectivity index (χ1v) is 21.9. The first-order valence-electron chi connectivity index (χ1n) is 19.9. The third-order valence-electron chi connectivity index (χ3n) is 10.5. The van der Waals surface area contributed by atoms with Crippen LogP contribution < -0.4 is 20.4 Å². The molecular weight excluding hydrogens is 796 g/mol. The van der Waals surface area contributed by atoms with Gasteiger partial charge in [-0.25, -0.2) is 29.9 Å². The molecule has 0 spiro atoms. The molecule has 2 aliphatic heterocycles. The molecule has 4 aromatic heterocycles. The van der Waals surface area contributed by atoms with E-state index in [1.54, 1.807) is 24.2 Å². The van der Waals surface area contributed by atoms with Crippen molar-refractivity contribution in [1.82, 2.24) is 29.9 Å². The third-order valence-corrected chi connectivity index (χ3v) is 11.6. The van der Waals surface area contributed by atoms with E-state index < -0.39 is 0 Å². The Morgan fingerprint density at radius 2 is 1.03 bits per heavy atom. The smallest absolute Gasteiger partial charge is 0.189 e. The number of nitrogens with one attached hydrogen (secondary N) is 2. The topological polar surface area (TPSA) is 108 Å². The summed E-state index contributed by atoms with van der Waals surface area (Å²) in [5.41, 5.74) is 9.28. The molecule has 59 heavy (non-hydrogen) atoms. The van der Waals surface area contributed by atoms with E-state index in [1.165, 1.54) is 11.1 Å². The van der Waals surface area contributed by atoms with E-state index in [0.29, 0.717) is 23.1 Å². The Morgan fingerprint density at radius 1 is 0.593 bits per heavy atom. The quantitative estimate of drug-likeness (QED) is 0.118. The number of aromatic nitrogens is 6. The second kappa shape index (κ2) is 17.7. The highest BCUT2D eigenvalue weighted by Crippen LogP contribution is 2.35. The molecule has 0 unspecified atom stereocenters. The lowest BCUT2D eigenvalue weighted by Crippen LogP contribution is -2.33. The van der Waals surface area contributed by atoms with Gasteiger partial charge in [-0.05, 0) is 83.7 Å². The van der Waals surface area contributed by atoms with Crippen molar-refractivity contribution in [2.75, 3.05) is 39.8 Å². The Balaban J connectivity index is 0.000000179. The number of pyridine rings is 2. The van der Waals surface area contributed by atoms with E-state index in [4.69, 9.17) is 38.2 Å². The summed E-state index contributed by atoms with van der Waals surface area (Å²) < 4.78 is 0. The van der Waals surface area contributed by atoms with Crippen LogP contribution in [0.4, 0.5) is 34.6 Å². The first kappa shape index (κ1) is 42.2. The van der Waals surface area contributed by atoms with Crippen molar-refractivity contribution in [3.63, 3.8) is 0 Å². The maximum atomic E-state index is 6.40. The third kappa shape index (κ3) is 10.1. The molecule has 0 fully saturated rings. The fraction of sp³-hybridized carbons (Fsp3) is 0.348. The van der Waals surface area contributed by atoms with Gasteiger partial charge in [0.25, 0.3) is 0 Å². The van der Waals surface area contributed by atoms with Crippen molar-refractivity contribution in [3.8, 4) is 0 Å². The molecule has 0 amide bonds. The molecule has 0 atom stereocenters. The van der Waals surface area contributed by atoms with Gasteiger partial charge in [0.05, 0.1) is 21.4 Å². The molecule has 0 saturated heterocycles. The number of fused-ring (bicyclic) bond motifs is 2. The average molecular weight is 848 g/mol. The molecule has 0 aliphatic carbocycles. The number of halogens is 2. The maximum absolute atomic E-state index is 6.40. The second-order valence-electron chi connectivity index (χ2n) is 16.9. The highest BCUT2D eigenvalue weighted by Gasteiger charge is 2.26. The van der Waals surface area contributed by atoms with Crippen LogP contribution in [-0.2, 0) is 36.8 Å². The van der Waals surface area contributed by atoms with Crippen LogP contribution in [0.3, 0.4) is 0 Å². The second-order valence-corrected chi connectivity index (χ2v) is 18.5. The summed E-state index contributed by atoms with van der Waals surface area (Å²) in [5.74, 6) is 4.10.